The summed E-state index contributed by atoms with van der Waals surface area (Å²) in [7, 11) is 0. The zero-order valence-corrected chi connectivity index (χ0v) is 11.2. The molecule has 0 aliphatic heterocycles. The van der Waals surface area contributed by atoms with Crippen LogP contribution in [0.5, 0.6) is 0 Å². The van der Waals surface area contributed by atoms with E-state index < -0.39 is 5.97 Å². The second-order valence-corrected chi connectivity index (χ2v) is 4.66. The van der Waals surface area contributed by atoms with Gasteiger partial charge in [0.25, 0.3) is 0 Å². The summed E-state index contributed by atoms with van der Waals surface area (Å²) in [6.45, 7) is 2.22. The highest BCUT2D eigenvalue weighted by Crippen LogP contribution is 2.16. The number of carbonyl (C=O) groups is 1. The van der Waals surface area contributed by atoms with E-state index in [2.05, 4.69) is 5.32 Å². The van der Waals surface area contributed by atoms with Gasteiger partial charge in [-0.05, 0) is 41.8 Å². The highest BCUT2D eigenvalue weighted by molar-refractivity contribution is 5.70. The normalized spacial score (nSPS) is 10.3. The Morgan fingerprint density at radius 2 is 1.90 bits per heavy atom. The Labute approximate surface area is 117 Å². The number of aryl methyl sites for hydroxylation is 1. The van der Waals surface area contributed by atoms with Gasteiger partial charge >= 0.3 is 5.97 Å². The van der Waals surface area contributed by atoms with Gasteiger partial charge in [0.15, 0.2) is 0 Å². The van der Waals surface area contributed by atoms with E-state index in [1.54, 1.807) is 25.1 Å². The minimum absolute atomic E-state index is 0.000297. The number of hydrogen-bond acceptors (Lipinski definition) is 2. The molecule has 0 fully saturated rings. The summed E-state index contributed by atoms with van der Waals surface area (Å²) < 4.78 is 13.2. The summed E-state index contributed by atoms with van der Waals surface area (Å²) in [5, 5.41) is 12.1. The molecule has 4 heteroatoms. The molecular formula is C16H16FNO2. The monoisotopic (exact) mass is 273 g/mol. The maximum atomic E-state index is 13.2. The predicted octanol–water partition coefficient (Wildman–Crippen LogP) is 3.37. The highest BCUT2D eigenvalue weighted by Gasteiger charge is 2.06. The van der Waals surface area contributed by atoms with Crippen LogP contribution >= 0.6 is 0 Å². The van der Waals surface area contributed by atoms with E-state index in [1.165, 1.54) is 6.07 Å². The van der Waals surface area contributed by atoms with Crippen LogP contribution in [0, 0.1) is 12.7 Å². The molecule has 0 unspecified atom stereocenters. The first kappa shape index (κ1) is 14.1. The lowest BCUT2D eigenvalue weighted by Crippen LogP contribution is -2.07. The zero-order valence-electron chi connectivity index (χ0n) is 11.2. The lowest BCUT2D eigenvalue weighted by Gasteiger charge is -2.11. The molecular weight excluding hydrogens is 257 g/mol. The fourth-order valence-corrected chi connectivity index (χ4v) is 2.02. The molecule has 2 N–H and O–H groups in total. The van der Waals surface area contributed by atoms with Crippen LogP contribution < -0.4 is 5.32 Å². The first-order valence-electron chi connectivity index (χ1n) is 6.35. The van der Waals surface area contributed by atoms with Crippen molar-refractivity contribution in [3.05, 3.63) is 65.0 Å². The number of aliphatic carboxylic acids is 1. The molecule has 0 amide bonds. The standard InChI is InChI=1S/C16H16FNO2/c1-11-8-14(6-7-15(11)17)18-10-13-5-3-2-4-12(13)9-16(19)20/h2-8,18H,9-10H2,1H3,(H,19,20). The first-order chi connectivity index (χ1) is 9.56. The second-order valence-electron chi connectivity index (χ2n) is 4.66. The molecule has 2 aromatic rings. The van der Waals surface area contributed by atoms with Crippen LogP contribution in [0.4, 0.5) is 10.1 Å². The largest absolute Gasteiger partial charge is 0.481 e. The van der Waals surface area contributed by atoms with E-state index in [4.69, 9.17) is 5.11 Å². The zero-order chi connectivity index (χ0) is 14.5. The van der Waals surface area contributed by atoms with E-state index in [0.717, 1.165) is 16.8 Å². The van der Waals surface area contributed by atoms with E-state index in [0.29, 0.717) is 12.1 Å². The van der Waals surface area contributed by atoms with Gasteiger partial charge in [-0.2, -0.15) is 0 Å². The van der Waals surface area contributed by atoms with Crippen LogP contribution in [-0.4, -0.2) is 11.1 Å². The number of carboxylic acids is 1. The Morgan fingerprint density at radius 1 is 1.20 bits per heavy atom. The first-order valence-corrected chi connectivity index (χ1v) is 6.35. The van der Waals surface area contributed by atoms with Gasteiger partial charge in [-0.25, -0.2) is 4.39 Å². The van der Waals surface area contributed by atoms with Crippen molar-refractivity contribution in [2.75, 3.05) is 5.32 Å². The van der Waals surface area contributed by atoms with Gasteiger partial charge in [0, 0.05) is 12.2 Å². The topological polar surface area (TPSA) is 49.3 Å². The number of halogens is 1. The number of benzene rings is 2. The van der Waals surface area contributed by atoms with Crippen molar-refractivity contribution in [1.82, 2.24) is 0 Å². The SMILES string of the molecule is Cc1cc(NCc2ccccc2CC(=O)O)ccc1F. The average Bonchev–Trinajstić information content (AvgIpc) is 2.41. The Bertz CT molecular complexity index is 626. The molecule has 0 radical (unpaired) electrons. The van der Waals surface area contributed by atoms with Crippen LogP contribution in [0.25, 0.3) is 0 Å². The molecule has 2 aromatic carbocycles. The van der Waals surface area contributed by atoms with Gasteiger partial charge in [0.1, 0.15) is 5.82 Å². The molecule has 20 heavy (non-hydrogen) atoms. The average molecular weight is 273 g/mol. The second kappa shape index (κ2) is 6.19. The van der Waals surface area contributed by atoms with Crippen molar-refractivity contribution in [3.8, 4) is 0 Å². The smallest absolute Gasteiger partial charge is 0.307 e. The van der Waals surface area contributed by atoms with Crippen LogP contribution in [0.1, 0.15) is 16.7 Å². The molecule has 0 spiro atoms. The lowest BCUT2D eigenvalue weighted by atomic mass is 10.0. The lowest BCUT2D eigenvalue weighted by molar-refractivity contribution is -0.136. The van der Waals surface area contributed by atoms with Gasteiger partial charge in [-0.15, -0.1) is 0 Å². The molecule has 3 nitrogen and oxygen atoms in total. The molecule has 0 aromatic heterocycles. The van der Waals surface area contributed by atoms with Crippen molar-refractivity contribution in [1.29, 1.82) is 0 Å². The van der Waals surface area contributed by atoms with Crippen LogP contribution in [0.3, 0.4) is 0 Å². The molecule has 0 atom stereocenters. The maximum absolute atomic E-state index is 13.2. The molecule has 0 saturated heterocycles. The third-order valence-corrected chi connectivity index (χ3v) is 3.10. The number of anilines is 1. The van der Waals surface area contributed by atoms with E-state index in [9.17, 15) is 9.18 Å². The minimum atomic E-state index is -0.852. The molecule has 2 rings (SSSR count). The fourth-order valence-electron chi connectivity index (χ4n) is 2.02. The summed E-state index contributed by atoms with van der Waals surface area (Å²) in [6, 6.07) is 12.2. The van der Waals surface area contributed by atoms with Crippen LogP contribution in [0.2, 0.25) is 0 Å². The van der Waals surface area contributed by atoms with Crippen molar-refractivity contribution < 1.29 is 14.3 Å². The summed E-state index contributed by atoms with van der Waals surface area (Å²) in [5.74, 6) is -1.09. The quantitative estimate of drug-likeness (QED) is 0.878. The molecule has 0 saturated carbocycles. The van der Waals surface area contributed by atoms with Gasteiger partial charge in [-0.3, -0.25) is 4.79 Å². The maximum Gasteiger partial charge on any atom is 0.307 e. The third kappa shape index (κ3) is 3.57. The number of rotatable bonds is 5. The van der Waals surface area contributed by atoms with Crippen molar-refractivity contribution in [3.63, 3.8) is 0 Å². The van der Waals surface area contributed by atoms with Gasteiger partial charge in [0.2, 0.25) is 0 Å². The number of hydrogen-bond donors (Lipinski definition) is 2. The highest BCUT2D eigenvalue weighted by atomic mass is 19.1. The Balaban J connectivity index is 2.10. The molecule has 0 aliphatic rings. The summed E-state index contributed by atoms with van der Waals surface area (Å²) in [5.41, 5.74) is 3.10. The van der Waals surface area contributed by atoms with Crippen LogP contribution in [-0.2, 0) is 17.8 Å². The number of carboxylic acid groups (broad SMARTS) is 1. The van der Waals surface area contributed by atoms with E-state index in [1.807, 2.05) is 18.2 Å². The molecule has 0 aliphatic carbocycles. The van der Waals surface area contributed by atoms with E-state index in [-0.39, 0.29) is 12.2 Å². The Kier molecular flexibility index (Phi) is 4.35. The molecule has 0 bridgehead atoms. The van der Waals surface area contributed by atoms with Crippen molar-refractivity contribution in [2.24, 2.45) is 0 Å². The number of nitrogens with one attached hydrogen (secondary N) is 1. The van der Waals surface area contributed by atoms with Gasteiger partial charge in [0.05, 0.1) is 6.42 Å². The Hall–Kier alpha value is -2.36. The van der Waals surface area contributed by atoms with Crippen molar-refractivity contribution >= 4 is 11.7 Å². The minimum Gasteiger partial charge on any atom is -0.481 e. The summed E-state index contributed by atoms with van der Waals surface area (Å²) in [6.07, 6.45) is 0.000297. The molecule has 104 valence electrons. The fraction of sp³-hybridized carbons (Fsp3) is 0.188. The van der Waals surface area contributed by atoms with E-state index >= 15 is 0 Å². The Morgan fingerprint density at radius 3 is 2.55 bits per heavy atom. The summed E-state index contributed by atoms with van der Waals surface area (Å²) in [4.78, 5) is 10.8. The van der Waals surface area contributed by atoms with Crippen molar-refractivity contribution in [2.45, 2.75) is 19.9 Å². The van der Waals surface area contributed by atoms with Gasteiger partial charge < -0.3 is 10.4 Å². The summed E-state index contributed by atoms with van der Waals surface area (Å²) >= 11 is 0. The van der Waals surface area contributed by atoms with Crippen LogP contribution in [0.15, 0.2) is 42.5 Å². The third-order valence-electron chi connectivity index (χ3n) is 3.10. The predicted molar refractivity (Wildman–Crippen MR) is 76.2 cm³/mol. The van der Waals surface area contributed by atoms with Gasteiger partial charge in [-0.1, -0.05) is 24.3 Å². The molecule has 0 heterocycles.